The van der Waals surface area contributed by atoms with Gasteiger partial charge in [0.2, 0.25) is 0 Å². The summed E-state index contributed by atoms with van der Waals surface area (Å²) in [4.78, 5) is 0. The van der Waals surface area contributed by atoms with E-state index in [1.807, 2.05) is 12.1 Å². The summed E-state index contributed by atoms with van der Waals surface area (Å²) in [6.07, 6.45) is 24.5. The Hall–Kier alpha value is -1.11. The lowest BCUT2D eigenvalue weighted by Crippen LogP contribution is -2.15. The van der Waals surface area contributed by atoms with Crippen LogP contribution in [0, 0.1) is 29.5 Å². The van der Waals surface area contributed by atoms with E-state index in [1.165, 1.54) is 89.0 Å². The number of benzene rings is 1. The number of allylic oxidation sites excluding steroid dienone is 2. The molecule has 0 bridgehead atoms. The van der Waals surface area contributed by atoms with E-state index in [-0.39, 0.29) is 5.82 Å². The van der Waals surface area contributed by atoms with E-state index in [0.717, 1.165) is 30.1 Å². The lowest BCUT2D eigenvalue weighted by atomic mass is 9.77. The number of hydrogen-bond acceptors (Lipinski definition) is 0. The Morgan fingerprint density at radius 3 is 1.82 bits per heavy atom. The Kier molecular flexibility index (Phi) is 9.09. The Balaban J connectivity index is 1.29. The minimum atomic E-state index is -0.124. The van der Waals surface area contributed by atoms with Crippen molar-refractivity contribution >= 4 is 0 Å². The molecule has 2 fully saturated rings. The molecule has 1 heteroatoms. The Bertz CT molecular complexity index is 556. The third-order valence-corrected chi connectivity index (χ3v) is 7.41. The van der Waals surface area contributed by atoms with Gasteiger partial charge in [0, 0.05) is 0 Å². The van der Waals surface area contributed by atoms with Crippen molar-refractivity contribution in [1.82, 2.24) is 0 Å². The highest BCUT2D eigenvalue weighted by atomic mass is 19.1. The van der Waals surface area contributed by atoms with Crippen LogP contribution in [0.5, 0.6) is 0 Å². The minimum absolute atomic E-state index is 0.124. The lowest BCUT2D eigenvalue weighted by molar-refractivity contribution is 0.282. The molecule has 3 rings (SSSR count). The first-order valence-electron chi connectivity index (χ1n) is 12.2. The molecule has 0 N–H and O–H groups in total. The highest BCUT2D eigenvalue weighted by molar-refractivity contribution is 5.16. The first-order chi connectivity index (χ1) is 13.7. The summed E-state index contributed by atoms with van der Waals surface area (Å²) in [5.41, 5.74) is 1.29. The van der Waals surface area contributed by atoms with E-state index >= 15 is 0 Å². The van der Waals surface area contributed by atoms with Gasteiger partial charge in [-0.1, -0.05) is 56.9 Å². The van der Waals surface area contributed by atoms with Crippen LogP contribution in [-0.4, -0.2) is 0 Å². The summed E-state index contributed by atoms with van der Waals surface area (Å²) in [6.45, 7) is 2.31. The first kappa shape index (κ1) is 21.6. The third kappa shape index (κ3) is 7.37. The molecule has 28 heavy (non-hydrogen) atoms. The van der Waals surface area contributed by atoms with Gasteiger partial charge in [0.15, 0.2) is 0 Å². The largest absolute Gasteiger partial charge is 0.207 e. The van der Waals surface area contributed by atoms with Crippen LogP contribution in [0.3, 0.4) is 0 Å². The van der Waals surface area contributed by atoms with Crippen molar-refractivity contribution in [2.45, 2.75) is 96.8 Å². The number of rotatable bonds is 9. The Morgan fingerprint density at radius 1 is 0.750 bits per heavy atom. The maximum absolute atomic E-state index is 13.0. The minimum Gasteiger partial charge on any atom is -0.207 e. The molecule has 0 saturated heterocycles. The molecule has 2 aliphatic carbocycles. The van der Waals surface area contributed by atoms with Crippen LogP contribution in [0.1, 0.15) is 96.0 Å². The van der Waals surface area contributed by atoms with Crippen molar-refractivity contribution in [2.75, 3.05) is 0 Å². The van der Waals surface area contributed by atoms with Crippen molar-refractivity contribution in [2.24, 2.45) is 23.7 Å². The molecule has 0 atom stereocenters. The molecule has 0 aromatic heterocycles. The standard InChI is InChI=1S/C27H41F/c1-2-3-4-5-22-6-8-23(9-7-22)10-11-24-12-14-25(15-13-24)16-17-26-18-20-27(28)21-19-26/h10-11,18-25H,2-9,12-17H2,1H3/b11-10+. The average Bonchev–Trinajstić information content (AvgIpc) is 2.74. The predicted octanol–water partition coefficient (Wildman–Crippen LogP) is 8.51. The van der Waals surface area contributed by atoms with Crippen LogP contribution in [0.4, 0.5) is 4.39 Å². The van der Waals surface area contributed by atoms with Crippen LogP contribution < -0.4 is 0 Å². The van der Waals surface area contributed by atoms with Gasteiger partial charge in [0.25, 0.3) is 0 Å². The molecule has 0 aliphatic heterocycles. The van der Waals surface area contributed by atoms with Gasteiger partial charge in [0.05, 0.1) is 0 Å². The molecule has 0 nitrogen and oxygen atoms in total. The molecule has 0 amide bonds. The SMILES string of the molecule is CCCCCC1CCC(/C=C/C2CCC(CCc3ccc(F)cc3)CC2)CC1. The van der Waals surface area contributed by atoms with Crippen LogP contribution >= 0.6 is 0 Å². The molecule has 0 spiro atoms. The summed E-state index contributed by atoms with van der Waals surface area (Å²) >= 11 is 0. The van der Waals surface area contributed by atoms with Crippen molar-refractivity contribution in [3.63, 3.8) is 0 Å². The second-order valence-corrected chi connectivity index (χ2v) is 9.61. The molecule has 2 saturated carbocycles. The Labute approximate surface area is 173 Å². The molecule has 0 heterocycles. The highest BCUT2D eigenvalue weighted by Crippen LogP contribution is 2.35. The molecule has 2 aliphatic rings. The summed E-state index contributed by atoms with van der Waals surface area (Å²) in [7, 11) is 0. The molecule has 156 valence electrons. The number of aryl methyl sites for hydroxylation is 1. The lowest BCUT2D eigenvalue weighted by Gasteiger charge is -2.29. The van der Waals surface area contributed by atoms with Gasteiger partial charge in [-0.2, -0.15) is 0 Å². The topological polar surface area (TPSA) is 0 Å². The van der Waals surface area contributed by atoms with Crippen LogP contribution in [-0.2, 0) is 6.42 Å². The highest BCUT2D eigenvalue weighted by Gasteiger charge is 2.21. The summed E-state index contributed by atoms with van der Waals surface area (Å²) in [6, 6.07) is 7.08. The number of unbranched alkanes of at least 4 members (excludes halogenated alkanes) is 2. The van der Waals surface area contributed by atoms with Gasteiger partial charge >= 0.3 is 0 Å². The van der Waals surface area contributed by atoms with Crippen LogP contribution in [0.2, 0.25) is 0 Å². The normalized spacial score (nSPS) is 28.6. The maximum Gasteiger partial charge on any atom is 0.123 e. The molecule has 1 aromatic rings. The molecular formula is C27H41F. The predicted molar refractivity (Wildman–Crippen MR) is 119 cm³/mol. The smallest absolute Gasteiger partial charge is 0.123 e. The van der Waals surface area contributed by atoms with E-state index in [1.54, 1.807) is 12.1 Å². The summed E-state index contributed by atoms with van der Waals surface area (Å²) < 4.78 is 13.0. The fourth-order valence-electron chi connectivity index (χ4n) is 5.36. The van der Waals surface area contributed by atoms with Gasteiger partial charge in [-0.05, 0) is 106 Å². The fraction of sp³-hybridized carbons (Fsp3) is 0.704. The first-order valence-corrected chi connectivity index (χ1v) is 12.2. The van der Waals surface area contributed by atoms with Gasteiger partial charge in [0.1, 0.15) is 5.82 Å². The van der Waals surface area contributed by atoms with E-state index in [2.05, 4.69) is 19.1 Å². The van der Waals surface area contributed by atoms with E-state index < -0.39 is 0 Å². The zero-order valence-electron chi connectivity index (χ0n) is 18.1. The zero-order chi connectivity index (χ0) is 19.6. The monoisotopic (exact) mass is 384 g/mol. The maximum atomic E-state index is 13.0. The van der Waals surface area contributed by atoms with Crippen molar-refractivity contribution in [3.05, 3.63) is 47.8 Å². The van der Waals surface area contributed by atoms with Gasteiger partial charge in [-0.15, -0.1) is 0 Å². The summed E-state index contributed by atoms with van der Waals surface area (Å²) in [5, 5.41) is 0. The van der Waals surface area contributed by atoms with Crippen LogP contribution in [0.25, 0.3) is 0 Å². The molecule has 0 radical (unpaired) electrons. The fourth-order valence-corrected chi connectivity index (χ4v) is 5.36. The van der Waals surface area contributed by atoms with Crippen molar-refractivity contribution < 1.29 is 4.39 Å². The van der Waals surface area contributed by atoms with E-state index in [4.69, 9.17) is 0 Å². The van der Waals surface area contributed by atoms with Crippen molar-refractivity contribution in [3.8, 4) is 0 Å². The molecule has 1 aromatic carbocycles. The molecule has 0 unspecified atom stereocenters. The number of hydrogen-bond donors (Lipinski definition) is 0. The molecular weight excluding hydrogens is 343 g/mol. The number of halogens is 1. The summed E-state index contributed by atoms with van der Waals surface area (Å²) in [5.74, 6) is 3.45. The quantitative estimate of drug-likeness (QED) is 0.296. The van der Waals surface area contributed by atoms with E-state index in [9.17, 15) is 4.39 Å². The van der Waals surface area contributed by atoms with E-state index in [0.29, 0.717) is 0 Å². The Morgan fingerprint density at radius 2 is 1.29 bits per heavy atom. The second-order valence-electron chi connectivity index (χ2n) is 9.61. The average molecular weight is 385 g/mol. The van der Waals surface area contributed by atoms with Crippen molar-refractivity contribution in [1.29, 1.82) is 0 Å². The van der Waals surface area contributed by atoms with Crippen LogP contribution in [0.15, 0.2) is 36.4 Å². The van der Waals surface area contributed by atoms with Gasteiger partial charge in [-0.3, -0.25) is 0 Å². The second kappa shape index (κ2) is 11.8. The zero-order valence-corrected chi connectivity index (χ0v) is 18.1. The van der Waals surface area contributed by atoms with Gasteiger partial charge < -0.3 is 0 Å². The van der Waals surface area contributed by atoms with Gasteiger partial charge in [-0.25, -0.2) is 4.39 Å². The third-order valence-electron chi connectivity index (χ3n) is 7.41.